The van der Waals surface area contributed by atoms with Crippen molar-refractivity contribution in [1.29, 1.82) is 0 Å². The lowest BCUT2D eigenvalue weighted by atomic mass is 10.1. The summed E-state index contributed by atoms with van der Waals surface area (Å²) >= 11 is 0. The van der Waals surface area contributed by atoms with E-state index < -0.39 is 18.6 Å². The Morgan fingerprint density at radius 2 is 2.06 bits per heavy atom. The molecule has 1 rings (SSSR count). The minimum Gasteiger partial charge on any atom is -0.343 e. The summed E-state index contributed by atoms with van der Waals surface area (Å²) in [6.07, 6.45) is -4.43. The Kier molecular flexibility index (Phi) is 3.95. The Morgan fingerprint density at radius 1 is 1.41 bits per heavy atom. The van der Waals surface area contributed by atoms with Crippen LogP contribution in [-0.2, 0) is 0 Å². The summed E-state index contributed by atoms with van der Waals surface area (Å²) in [6.45, 7) is 0.405. The van der Waals surface area contributed by atoms with Crippen molar-refractivity contribution in [2.24, 2.45) is 5.84 Å². The molecule has 0 aromatic heterocycles. The standard InChI is InChI=1S/C10H12F3N3O/c1-6-2-3-7(8(4-6)16-14)9(17)15-5-10(11,12)13/h2-4,16H,5,14H2,1H3,(H,15,17). The highest BCUT2D eigenvalue weighted by Crippen LogP contribution is 2.17. The van der Waals surface area contributed by atoms with Gasteiger partial charge in [0.2, 0.25) is 0 Å². The summed E-state index contributed by atoms with van der Waals surface area (Å²) < 4.78 is 35.8. The molecule has 17 heavy (non-hydrogen) atoms. The van der Waals surface area contributed by atoms with Crippen molar-refractivity contribution < 1.29 is 18.0 Å². The van der Waals surface area contributed by atoms with Crippen LogP contribution >= 0.6 is 0 Å². The number of carbonyl (C=O) groups excluding carboxylic acids is 1. The maximum Gasteiger partial charge on any atom is 0.405 e. The lowest BCUT2D eigenvalue weighted by Crippen LogP contribution is -2.34. The minimum absolute atomic E-state index is 0.0716. The van der Waals surface area contributed by atoms with E-state index in [2.05, 4.69) is 5.43 Å². The molecule has 0 radical (unpaired) electrons. The largest absolute Gasteiger partial charge is 0.405 e. The minimum atomic E-state index is -4.43. The average Bonchev–Trinajstić information content (AvgIpc) is 2.24. The topological polar surface area (TPSA) is 67.2 Å². The Balaban J connectivity index is 2.82. The third-order valence-corrected chi connectivity index (χ3v) is 2.02. The van der Waals surface area contributed by atoms with Gasteiger partial charge in [-0.1, -0.05) is 6.07 Å². The fourth-order valence-electron chi connectivity index (χ4n) is 1.25. The average molecular weight is 247 g/mol. The summed E-state index contributed by atoms with van der Waals surface area (Å²) in [4.78, 5) is 11.5. The molecule has 1 aromatic rings. The lowest BCUT2D eigenvalue weighted by Gasteiger charge is -2.11. The van der Waals surface area contributed by atoms with Gasteiger partial charge in [-0.15, -0.1) is 0 Å². The first-order chi connectivity index (χ1) is 7.83. The monoisotopic (exact) mass is 247 g/mol. The number of hydrogen-bond donors (Lipinski definition) is 3. The van der Waals surface area contributed by atoms with Crippen molar-refractivity contribution in [2.75, 3.05) is 12.0 Å². The van der Waals surface area contributed by atoms with Gasteiger partial charge in [-0.2, -0.15) is 13.2 Å². The Morgan fingerprint density at radius 3 is 2.59 bits per heavy atom. The second kappa shape index (κ2) is 5.05. The van der Waals surface area contributed by atoms with Crippen LogP contribution in [0.2, 0.25) is 0 Å². The van der Waals surface area contributed by atoms with E-state index in [0.29, 0.717) is 0 Å². The summed E-state index contributed by atoms with van der Waals surface area (Å²) in [7, 11) is 0. The molecule has 0 aliphatic heterocycles. The molecule has 0 bridgehead atoms. The Hall–Kier alpha value is -1.76. The second-order valence-corrected chi connectivity index (χ2v) is 3.49. The van der Waals surface area contributed by atoms with Gasteiger partial charge in [0, 0.05) is 0 Å². The normalized spacial score (nSPS) is 11.1. The van der Waals surface area contributed by atoms with E-state index in [-0.39, 0.29) is 11.3 Å². The van der Waals surface area contributed by atoms with Crippen LogP contribution in [0, 0.1) is 6.92 Å². The first-order valence-corrected chi connectivity index (χ1v) is 4.75. The number of nitrogens with one attached hydrogen (secondary N) is 2. The number of carbonyl (C=O) groups is 1. The summed E-state index contributed by atoms with van der Waals surface area (Å²) in [5, 5.41) is 1.77. The van der Waals surface area contributed by atoms with Gasteiger partial charge in [-0.3, -0.25) is 10.6 Å². The van der Waals surface area contributed by atoms with Crippen molar-refractivity contribution in [1.82, 2.24) is 5.32 Å². The number of anilines is 1. The van der Waals surface area contributed by atoms with E-state index in [9.17, 15) is 18.0 Å². The van der Waals surface area contributed by atoms with Crippen LogP contribution in [0.3, 0.4) is 0 Å². The first-order valence-electron chi connectivity index (χ1n) is 4.75. The molecule has 1 aromatic carbocycles. The molecule has 4 nitrogen and oxygen atoms in total. The summed E-state index contributed by atoms with van der Waals surface area (Å²) in [6, 6.07) is 4.60. The molecular weight excluding hydrogens is 235 g/mol. The molecule has 0 saturated heterocycles. The molecule has 0 atom stereocenters. The van der Waals surface area contributed by atoms with Crippen LogP contribution in [0.15, 0.2) is 18.2 Å². The molecule has 0 aliphatic carbocycles. The fraction of sp³-hybridized carbons (Fsp3) is 0.300. The summed E-state index contributed by atoms with van der Waals surface area (Å²) in [5.41, 5.74) is 3.46. The van der Waals surface area contributed by atoms with Crippen molar-refractivity contribution in [2.45, 2.75) is 13.1 Å². The third kappa shape index (κ3) is 3.95. The van der Waals surface area contributed by atoms with Gasteiger partial charge < -0.3 is 10.7 Å². The van der Waals surface area contributed by atoms with E-state index in [1.54, 1.807) is 24.4 Å². The molecule has 1 amide bonds. The smallest absolute Gasteiger partial charge is 0.343 e. The molecule has 0 fully saturated rings. The zero-order valence-electron chi connectivity index (χ0n) is 9.06. The zero-order chi connectivity index (χ0) is 13.1. The van der Waals surface area contributed by atoms with Crippen molar-refractivity contribution in [3.8, 4) is 0 Å². The lowest BCUT2D eigenvalue weighted by molar-refractivity contribution is -0.123. The number of aryl methyl sites for hydroxylation is 1. The molecule has 0 heterocycles. The van der Waals surface area contributed by atoms with Crippen LogP contribution in [-0.4, -0.2) is 18.6 Å². The van der Waals surface area contributed by atoms with Crippen LogP contribution in [0.1, 0.15) is 15.9 Å². The van der Waals surface area contributed by atoms with E-state index in [0.717, 1.165) is 5.56 Å². The van der Waals surface area contributed by atoms with E-state index >= 15 is 0 Å². The van der Waals surface area contributed by atoms with Crippen molar-refractivity contribution in [3.63, 3.8) is 0 Å². The molecule has 0 spiro atoms. The van der Waals surface area contributed by atoms with Gasteiger partial charge in [-0.25, -0.2) is 0 Å². The molecule has 94 valence electrons. The third-order valence-electron chi connectivity index (χ3n) is 2.02. The number of amides is 1. The highest BCUT2D eigenvalue weighted by atomic mass is 19.4. The van der Waals surface area contributed by atoms with Crippen LogP contribution in [0.4, 0.5) is 18.9 Å². The molecule has 0 unspecified atom stereocenters. The predicted molar refractivity (Wildman–Crippen MR) is 57.4 cm³/mol. The number of nitrogen functional groups attached to an aromatic ring is 1. The molecule has 0 saturated carbocycles. The van der Waals surface area contributed by atoms with Crippen molar-refractivity contribution >= 4 is 11.6 Å². The van der Waals surface area contributed by atoms with E-state index in [4.69, 9.17) is 5.84 Å². The highest BCUT2D eigenvalue weighted by molar-refractivity contribution is 5.99. The maximum atomic E-state index is 11.9. The molecule has 7 heteroatoms. The van der Waals surface area contributed by atoms with Crippen molar-refractivity contribution in [3.05, 3.63) is 29.3 Å². The number of rotatable bonds is 3. The van der Waals surface area contributed by atoms with Gasteiger partial charge in [0.25, 0.3) is 5.91 Å². The first kappa shape index (κ1) is 13.3. The van der Waals surface area contributed by atoms with Crippen LogP contribution in [0.25, 0.3) is 0 Å². The highest BCUT2D eigenvalue weighted by Gasteiger charge is 2.28. The molecule has 0 aliphatic rings. The second-order valence-electron chi connectivity index (χ2n) is 3.49. The molecular formula is C10H12F3N3O. The number of halogens is 3. The van der Waals surface area contributed by atoms with E-state index in [1.807, 2.05) is 0 Å². The number of nitrogens with two attached hydrogens (primary N) is 1. The molecule has 4 N–H and O–H groups in total. The Labute approximate surface area is 96.0 Å². The van der Waals surface area contributed by atoms with Gasteiger partial charge in [0.1, 0.15) is 6.54 Å². The van der Waals surface area contributed by atoms with E-state index in [1.165, 1.54) is 6.07 Å². The fourth-order valence-corrected chi connectivity index (χ4v) is 1.25. The summed E-state index contributed by atoms with van der Waals surface area (Å²) in [5.74, 6) is 4.36. The number of hydrogen-bond acceptors (Lipinski definition) is 3. The van der Waals surface area contributed by atoms with Gasteiger partial charge in [-0.05, 0) is 24.6 Å². The predicted octanol–water partition coefficient (Wildman–Crippen LogP) is 1.57. The van der Waals surface area contributed by atoms with Gasteiger partial charge in [0.05, 0.1) is 11.3 Å². The SMILES string of the molecule is Cc1ccc(C(=O)NCC(F)(F)F)c(NN)c1. The number of alkyl halides is 3. The van der Waals surface area contributed by atoms with Gasteiger partial charge in [0.15, 0.2) is 0 Å². The Bertz CT molecular complexity index is 418. The quantitative estimate of drug-likeness (QED) is 0.561. The van der Waals surface area contributed by atoms with Gasteiger partial charge >= 0.3 is 6.18 Å². The van der Waals surface area contributed by atoms with Crippen LogP contribution < -0.4 is 16.6 Å². The maximum absolute atomic E-state index is 11.9. The number of benzene rings is 1. The number of hydrazine groups is 1. The zero-order valence-corrected chi connectivity index (χ0v) is 9.06. The van der Waals surface area contributed by atoms with Crippen LogP contribution in [0.5, 0.6) is 0 Å².